The van der Waals surface area contributed by atoms with Crippen molar-refractivity contribution in [3.05, 3.63) is 58.1 Å². The number of anilines is 2. The summed E-state index contributed by atoms with van der Waals surface area (Å²) in [4.78, 5) is 24.2. The zero-order chi connectivity index (χ0) is 20.2. The fourth-order valence-electron chi connectivity index (χ4n) is 2.36. The molecular weight excluding hydrogens is 385 g/mol. The monoisotopic (exact) mass is 407 g/mol. The molecule has 0 unspecified atom stereocenters. The second-order valence-corrected chi connectivity index (χ2v) is 7.87. The SMILES string of the molecule is CC(C)C(=O)Nc1cccc(NC(=O)NC(C)(C)c2ccc(Cl)c(Cl)c2)c1. The Bertz CT molecular complexity index is 851. The fourth-order valence-corrected chi connectivity index (χ4v) is 2.66. The predicted octanol–water partition coefficient (Wildman–Crippen LogP) is 5.64. The number of benzene rings is 2. The first-order valence-corrected chi connectivity index (χ1v) is 9.29. The maximum absolute atomic E-state index is 12.4. The second-order valence-electron chi connectivity index (χ2n) is 7.06. The van der Waals surface area contributed by atoms with E-state index >= 15 is 0 Å². The van der Waals surface area contributed by atoms with Crippen LogP contribution in [0.25, 0.3) is 0 Å². The smallest absolute Gasteiger partial charge is 0.319 e. The van der Waals surface area contributed by atoms with Crippen LogP contribution in [-0.4, -0.2) is 11.9 Å². The quantitative estimate of drug-likeness (QED) is 0.599. The highest BCUT2D eigenvalue weighted by molar-refractivity contribution is 6.42. The lowest BCUT2D eigenvalue weighted by molar-refractivity contribution is -0.118. The van der Waals surface area contributed by atoms with Crippen LogP contribution < -0.4 is 16.0 Å². The summed E-state index contributed by atoms with van der Waals surface area (Å²) >= 11 is 12.0. The summed E-state index contributed by atoms with van der Waals surface area (Å²) in [5.74, 6) is -0.214. The van der Waals surface area contributed by atoms with Crippen molar-refractivity contribution in [2.75, 3.05) is 10.6 Å². The molecule has 2 aromatic rings. The largest absolute Gasteiger partial charge is 0.329 e. The van der Waals surface area contributed by atoms with E-state index < -0.39 is 5.54 Å². The molecule has 2 rings (SSSR count). The van der Waals surface area contributed by atoms with Crippen LogP contribution in [0.5, 0.6) is 0 Å². The van der Waals surface area contributed by atoms with Crippen LogP contribution in [0.1, 0.15) is 33.3 Å². The zero-order valence-corrected chi connectivity index (χ0v) is 17.2. The van der Waals surface area contributed by atoms with Gasteiger partial charge in [-0.05, 0) is 49.7 Å². The highest BCUT2D eigenvalue weighted by Gasteiger charge is 2.23. The molecule has 0 fully saturated rings. The third kappa shape index (κ3) is 5.88. The molecule has 3 amide bonds. The first kappa shape index (κ1) is 21.1. The maximum Gasteiger partial charge on any atom is 0.319 e. The molecule has 3 N–H and O–H groups in total. The van der Waals surface area contributed by atoms with Crippen LogP contribution in [-0.2, 0) is 10.3 Å². The van der Waals surface area contributed by atoms with Gasteiger partial charge in [-0.2, -0.15) is 0 Å². The van der Waals surface area contributed by atoms with Gasteiger partial charge in [0.15, 0.2) is 0 Å². The van der Waals surface area contributed by atoms with Gasteiger partial charge in [0.25, 0.3) is 0 Å². The first-order valence-electron chi connectivity index (χ1n) is 8.54. The minimum absolute atomic E-state index is 0.0858. The lowest BCUT2D eigenvalue weighted by Crippen LogP contribution is -2.43. The molecule has 0 bridgehead atoms. The van der Waals surface area contributed by atoms with E-state index in [1.54, 1.807) is 36.4 Å². The summed E-state index contributed by atoms with van der Waals surface area (Å²) in [6, 6.07) is 11.8. The van der Waals surface area contributed by atoms with E-state index in [2.05, 4.69) is 16.0 Å². The third-order valence-corrected chi connectivity index (χ3v) is 4.72. The number of halogens is 2. The van der Waals surface area contributed by atoms with Crippen molar-refractivity contribution in [2.24, 2.45) is 5.92 Å². The average Bonchev–Trinajstić information content (AvgIpc) is 2.56. The van der Waals surface area contributed by atoms with Gasteiger partial charge in [-0.15, -0.1) is 0 Å². The molecule has 0 aromatic heterocycles. The highest BCUT2D eigenvalue weighted by Crippen LogP contribution is 2.28. The summed E-state index contributed by atoms with van der Waals surface area (Å²) in [7, 11) is 0. The topological polar surface area (TPSA) is 70.2 Å². The minimum atomic E-state index is -0.665. The fraction of sp³-hybridized carbons (Fsp3) is 0.300. The Morgan fingerprint density at radius 2 is 1.56 bits per heavy atom. The van der Waals surface area contributed by atoms with Crippen LogP contribution in [0.3, 0.4) is 0 Å². The Hall–Kier alpha value is -2.24. The Balaban J connectivity index is 2.06. The number of rotatable bonds is 5. The Labute approximate surface area is 169 Å². The van der Waals surface area contributed by atoms with Gasteiger partial charge >= 0.3 is 6.03 Å². The minimum Gasteiger partial charge on any atom is -0.329 e. The number of urea groups is 1. The van der Waals surface area contributed by atoms with E-state index in [0.717, 1.165) is 5.56 Å². The van der Waals surface area contributed by atoms with Gasteiger partial charge in [0, 0.05) is 17.3 Å². The van der Waals surface area contributed by atoms with Gasteiger partial charge in [0.1, 0.15) is 0 Å². The number of hydrogen-bond acceptors (Lipinski definition) is 2. The molecule has 0 heterocycles. The van der Waals surface area contributed by atoms with E-state index in [1.165, 1.54) is 0 Å². The molecule has 0 spiro atoms. The molecule has 144 valence electrons. The molecule has 0 atom stereocenters. The lowest BCUT2D eigenvalue weighted by atomic mass is 9.94. The van der Waals surface area contributed by atoms with E-state index in [0.29, 0.717) is 21.4 Å². The van der Waals surface area contributed by atoms with Crippen molar-refractivity contribution in [3.63, 3.8) is 0 Å². The summed E-state index contributed by atoms with van der Waals surface area (Å²) in [5, 5.41) is 9.37. The van der Waals surface area contributed by atoms with Gasteiger partial charge in [-0.3, -0.25) is 4.79 Å². The van der Waals surface area contributed by atoms with Crippen LogP contribution in [0.2, 0.25) is 10.0 Å². The van der Waals surface area contributed by atoms with Crippen molar-refractivity contribution >= 4 is 46.5 Å². The Morgan fingerprint density at radius 3 is 2.15 bits per heavy atom. The number of amides is 3. The number of carbonyl (C=O) groups excluding carboxylic acids is 2. The van der Waals surface area contributed by atoms with Crippen molar-refractivity contribution in [1.29, 1.82) is 0 Å². The number of carbonyl (C=O) groups is 2. The molecule has 7 heteroatoms. The summed E-state index contributed by atoms with van der Waals surface area (Å²) in [6.45, 7) is 7.36. The maximum atomic E-state index is 12.4. The van der Waals surface area contributed by atoms with Crippen molar-refractivity contribution in [2.45, 2.75) is 33.2 Å². The summed E-state index contributed by atoms with van der Waals surface area (Å²) in [5.41, 5.74) is 1.35. The van der Waals surface area contributed by atoms with E-state index in [-0.39, 0.29) is 17.9 Å². The van der Waals surface area contributed by atoms with Gasteiger partial charge in [-0.25, -0.2) is 4.79 Å². The van der Waals surface area contributed by atoms with Crippen molar-refractivity contribution in [3.8, 4) is 0 Å². The molecule has 0 aliphatic carbocycles. The van der Waals surface area contributed by atoms with Crippen LogP contribution in [0, 0.1) is 5.92 Å². The van der Waals surface area contributed by atoms with Gasteiger partial charge in [0.2, 0.25) is 5.91 Å². The Kier molecular flexibility index (Phi) is 6.73. The van der Waals surface area contributed by atoms with Crippen LogP contribution in [0.4, 0.5) is 16.2 Å². The molecule has 0 radical (unpaired) electrons. The lowest BCUT2D eigenvalue weighted by Gasteiger charge is -2.27. The average molecular weight is 408 g/mol. The highest BCUT2D eigenvalue weighted by atomic mass is 35.5. The molecule has 0 saturated carbocycles. The second kappa shape index (κ2) is 8.63. The number of hydrogen-bond donors (Lipinski definition) is 3. The zero-order valence-electron chi connectivity index (χ0n) is 15.7. The van der Waals surface area contributed by atoms with Crippen molar-refractivity contribution in [1.82, 2.24) is 5.32 Å². The standard InChI is InChI=1S/C20H23Cl2N3O2/c1-12(2)18(26)23-14-6-5-7-15(11-14)24-19(27)25-20(3,4)13-8-9-16(21)17(22)10-13/h5-12H,1-4H3,(H,23,26)(H2,24,25,27). The van der Waals surface area contributed by atoms with E-state index in [9.17, 15) is 9.59 Å². The van der Waals surface area contributed by atoms with Gasteiger partial charge in [0.05, 0.1) is 15.6 Å². The molecular formula is C20H23Cl2N3O2. The van der Waals surface area contributed by atoms with E-state index in [4.69, 9.17) is 23.2 Å². The first-order chi connectivity index (χ1) is 12.6. The Morgan fingerprint density at radius 1 is 0.926 bits per heavy atom. The van der Waals surface area contributed by atoms with Crippen molar-refractivity contribution < 1.29 is 9.59 Å². The molecule has 2 aromatic carbocycles. The molecule has 0 aliphatic heterocycles. The molecule has 0 aliphatic rings. The van der Waals surface area contributed by atoms with Gasteiger partial charge in [-0.1, -0.05) is 49.2 Å². The normalized spacial score (nSPS) is 11.2. The van der Waals surface area contributed by atoms with Crippen LogP contribution >= 0.6 is 23.2 Å². The van der Waals surface area contributed by atoms with Crippen LogP contribution in [0.15, 0.2) is 42.5 Å². The summed E-state index contributed by atoms with van der Waals surface area (Å²) in [6.07, 6.45) is 0. The third-order valence-electron chi connectivity index (χ3n) is 3.98. The molecule has 27 heavy (non-hydrogen) atoms. The van der Waals surface area contributed by atoms with Gasteiger partial charge < -0.3 is 16.0 Å². The summed E-state index contributed by atoms with van der Waals surface area (Å²) < 4.78 is 0. The number of nitrogens with one attached hydrogen (secondary N) is 3. The van der Waals surface area contributed by atoms with E-state index in [1.807, 2.05) is 33.8 Å². The molecule has 0 saturated heterocycles. The molecule has 5 nitrogen and oxygen atoms in total. The predicted molar refractivity (Wildman–Crippen MR) is 112 cm³/mol.